The van der Waals surface area contributed by atoms with Gasteiger partial charge in [-0.25, -0.2) is 9.55 Å². The molecule has 1 aliphatic heterocycles. The highest BCUT2D eigenvalue weighted by atomic mass is 35.5. The van der Waals surface area contributed by atoms with Crippen LogP contribution in [0.3, 0.4) is 0 Å². The summed E-state index contributed by atoms with van der Waals surface area (Å²) in [5.74, 6) is 0. The van der Waals surface area contributed by atoms with Crippen molar-refractivity contribution in [2.24, 2.45) is 7.05 Å². The van der Waals surface area contributed by atoms with Gasteiger partial charge in [-0.3, -0.25) is 4.55 Å². The number of halogens is 4. The van der Waals surface area contributed by atoms with E-state index in [1.807, 2.05) is 6.07 Å². The first-order chi connectivity index (χ1) is 12.7. The quantitative estimate of drug-likeness (QED) is 0.306. The fourth-order valence-electron chi connectivity index (χ4n) is 2.26. The summed E-state index contributed by atoms with van der Waals surface area (Å²) in [5, 5.41) is 0.442. The van der Waals surface area contributed by atoms with Crippen LogP contribution >= 0.6 is 11.6 Å². The molecular weight excluding hydrogens is 449 g/mol. The number of alkyl halides is 3. The Bertz CT molecular complexity index is 1070. The lowest BCUT2D eigenvalue weighted by atomic mass is 10.1. The van der Waals surface area contributed by atoms with Crippen molar-refractivity contribution in [3.63, 3.8) is 0 Å². The summed E-state index contributed by atoms with van der Waals surface area (Å²) in [5.41, 5.74) is -3.75. The molecule has 15 heteroatoms. The van der Waals surface area contributed by atoms with Crippen molar-refractivity contribution in [3.8, 4) is 0 Å². The Morgan fingerprint density at radius 1 is 1.25 bits per heavy atom. The standard InChI is InChI=1S/C12H14ClN4O2S.CHF3O3S/c1-15-6-7-17(9-15)20(18,19)16-5-4-11-10(8-16)2-3-12(13)14-11;2-1(3,4)8(5,6)7/h2-3,6-7,9H,4-5,8H2,1H3;(H,5,6,7)/q+1;. The van der Waals surface area contributed by atoms with Gasteiger partial charge in [-0.15, -0.1) is 3.97 Å². The van der Waals surface area contributed by atoms with Crippen molar-refractivity contribution in [1.29, 1.82) is 0 Å². The molecule has 28 heavy (non-hydrogen) atoms. The molecule has 0 unspecified atom stereocenters. The summed E-state index contributed by atoms with van der Waals surface area (Å²) in [6.45, 7) is 0.730. The monoisotopic (exact) mass is 463 g/mol. The summed E-state index contributed by atoms with van der Waals surface area (Å²) in [4.78, 5) is 4.24. The van der Waals surface area contributed by atoms with Gasteiger partial charge < -0.3 is 0 Å². The summed E-state index contributed by atoms with van der Waals surface area (Å²) in [6.07, 6.45) is 5.33. The van der Waals surface area contributed by atoms with Crippen LogP contribution in [0.2, 0.25) is 5.15 Å². The van der Waals surface area contributed by atoms with Gasteiger partial charge in [0, 0.05) is 25.2 Å². The van der Waals surface area contributed by atoms with Crippen LogP contribution in [0, 0.1) is 0 Å². The first-order valence-electron chi connectivity index (χ1n) is 7.44. The lowest BCUT2D eigenvalue weighted by Gasteiger charge is -2.25. The largest absolute Gasteiger partial charge is 0.522 e. The molecule has 0 aliphatic carbocycles. The Kier molecular flexibility index (Phi) is 6.40. The van der Waals surface area contributed by atoms with Gasteiger partial charge in [0.25, 0.3) is 6.33 Å². The van der Waals surface area contributed by atoms with Gasteiger partial charge in [0.2, 0.25) is 0 Å². The van der Waals surface area contributed by atoms with Crippen molar-refractivity contribution in [3.05, 3.63) is 47.3 Å². The van der Waals surface area contributed by atoms with E-state index in [0.717, 1.165) is 11.3 Å². The fourth-order valence-corrected chi connectivity index (χ4v) is 3.79. The number of imidazole rings is 1. The van der Waals surface area contributed by atoms with Gasteiger partial charge in [-0.05, 0) is 11.6 Å². The van der Waals surface area contributed by atoms with Crippen molar-refractivity contribution in [2.45, 2.75) is 18.5 Å². The molecule has 0 radical (unpaired) electrons. The third-order valence-electron chi connectivity index (χ3n) is 3.61. The van der Waals surface area contributed by atoms with Crippen LogP contribution in [0.5, 0.6) is 0 Å². The second-order valence-corrected chi connectivity index (χ2v) is 9.29. The number of hydrogen-bond donors (Lipinski definition) is 1. The second-order valence-electron chi connectivity index (χ2n) is 5.66. The zero-order chi connectivity index (χ0) is 21.3. The molecule has 2 aromatic rings. The Morgan fingerprint density at radius 2 is 1.86 bits per heavy atom. The summed E-state index contributed by atoms with van der Waals surface area (Å²) in [7, 11) is -7.58. The van der Waals surface area contributed by atoms with E-state index in [9.17, 15) is 21.6 Å². The van der Waals surface area contributed by atoms with E-state index in [4.69, 9.17) is 24.6 Å². The molecule has 1 aliphatic rings. The average Bonchev–Trinajstić information content (AvgIpc) is 3.00. The van der Waals surface area contributed by atoms with Crippen molar-refractivity contribution in [2.75, 3.05) is 6.54 Å². The molecule has 0 amide bonds. The van der Waals surface area contributed by atoms with Gasteiger partial charge in [-0.2, -0.15) is 34.3 Å². The third kappa shape index (κ3) is 5.20. The maximum absolute atomic E-state index is 12.5. The molecular formula is C13H15ClF3N4O5S2+. The minimum Gasteiger partial charge on any atom is -0.279 e. The Hall–Kier alpha value is -1.74. The van der Waals surface area contributed by atoms with Crippen molar-refractivity contribution >= 4 is 31.9 Å². The predicted octanol–water partition coefficient (Wildman–Crippen LogP) is 0.906. The zero-order valence-electron chi connectivity index (χ0n) is 14.2. The molecule has 156 valence electrons. The van der Waals surface area contributed by atoms with Gasteiger partial charge in [0.15, 0.2) is 0 Å². The molecule has 0 saturated carbocycles. The highest BCUT2D eigenvalue weighted by Crippen LogP contribution is 2.22. The van der Waals surface area contributed by atoms with E-state index in [1.165, 1.54) is 20.8 Å². The van der Waals surface area contributed by atoms with Gasteiger partial charge in [-0.1, -0.05) is 17.7 Å². The molecule has 0 aromatic carbocycles. The SMILES string of the molecule is C[n+]1ccn(S(=O)(=O)N2CCc3nc(Cl)ccc3C2)c1.O=S(=O)(O)C(F)(F)F. The van der Waals surface area contributed by atoms with Crippen LogP contribution in [0.15, 0.2) is 30.9 Å². The number of rotatable bonds is 2. The van der Waals surface area contributed by atoms with Gasteiger partial charge in [0.05, 0.1) is 7.05 Å². The smallest absolute Gasteiger partial charge is 0.279 e. The number of hydrogen-bond acceptors (Lipinski definition) is 5. The maximum Gasteiger partial charge on any atom is 0.522 e. The first-order valence-corrected chi connectivity index (χ1v) is 10.7. The molecule has 1 N–H and O–H groups in total. The molecule has 0 spiro atoms. The van der Waals surface area contributed by atoms with E-state index in [-0.39, 0.29) is 0 Å². The van der Waals surface area contributed by atoms with Gasteiger partial charge >= 0.3 is 25.8 Å². The lowest BCUT2D eigenvalue weighted by molar-refractivity contribution is -0.670. The molecule has 0 saturated heterocycles. The minimum absolute atomic E-state index is 0.323. The van der Waals surface area contributed by atoms with Gasteiger partial charge in [0.1, 0.15) is 17.5 Å². The Balaban J connectivity index is 0.000000300. The molecule has 0 bridgehead atoms. The van der Waals surface area contributed by atoms with E-state index in [1.54, 1.807) is 23.9 Å². The molecule has 0 atom stereocenters. The van der Waals surface area contributed by atoms with Crippen LogP contribution in [-0.2, 0) is 40.3 Å². The number of fused-ring (bicyclic) bond motifs is 1. The van der Waals surface area contributed by atoms with Crippen molar-refractivity contribution in [1.82, 2.24) is 13.3 Å². The predicted molar refractivity (Wildman–Crippen MR) is 90.9 cm³/mol. The highest BCUT2D eigenvalue weighted by Gasteiger charge is 2.44. The minimum atomic E-state index is -5.84. The molecule has 2 aromatic heterocycles. The Labute approximate surface area is 163 Å². The summed E-state index contributed by atoms with van der Waals surface area (Å²) in [6, 6.07) is 3.52. The van der Waals surface area contributed by atoms with Crippen LogP contribution < -0.4 is 4.57 Å². The molecule has 3 rings (SSSR count). The average molecular weight is 464 g/mol. The van der Waals surface area contributed by atoms with Crippen LogP contribution in [0.25, 0.3) is 0 Å². The fraction of sp³-hybridized carbons (Fsp3) is 0.385. The highest BCUT2D eigenvalue weighted by molar-refractivity contribution is 7.87. The second kappa shape index (κ2) is 7.94. The van der Waals surface area contributed by atoms with Crippen LogP contribution in [0.1, 0.15) is 11.3 Å². The zero-order valence-corrected chi connectivity index (χ0v) is 16.6. The number of aromatic nitrogens is 3. The van der Waals surface area contributed by atoms with E-state index < -0.39 is 25.8 Å². The topological polar surface area (TPSA) is 113 Å². The maximum atomic E-state index is 12.5. The molecule has 9 nitrogen and oxygen atoms in total. The molecule has 0 fully saturated rings. The van der Waals surface area contributed by atoms with Crippen LogP contribution in [-0.4, -0.2) is 46.7 Å². The van der Waals surface area contributed by atoms with E-state index >= 15 is 0 Å². The molecule has 3 heterocycles. The lowest BCUT2D eigenvalue weighted by Crippen LogP contribution is -2.40. The number of pyridine rings is 1. The normalized spacial score (nSPS) is 15.5. The number of nitrogens with zero attached hydrogens (tertiary/aromatic N) is 4. The van der Waals surface area contributed by atoms with E-state index in [0.29, 0.717) is 24.7 Å². The first kappa shape index (κ1) is 22.5. The summed E-state index contributed by atoms with van der Waals surface area (Å²) >= 11 is 5.85. The summed E-state index contributed by atoms with van der Waals surface area (Å²) < 4.78 is 86.9. The Morgan fingerprint density at radius 3 is 2.36 bits per heavy atom. The van der Waals surface area contributed by atoms with Crippen molar-refractivity contribution < 1.29 is 39.1 Å². The third-order valence-corrected chi connectivity index (χ3v) is 6.12. The van der Waals surface area contributed by atoms with E-state index in [2.05, 4.69) is 4.98 Å². The number of aryl methyl sites for hydroxylation is 1. The van der Waals surface area contributed by atoms with Crippen LogP contribution in [0.4, 0.5) is 13.2 Å².